The van der Waals surface area contributed by atoms with E-state index in [1.807, 2.05) is 18.4 Å². The third-order valence-electron chi connectivity index (χ3n) is 1.47. The van der Waals surface area contributed by atoms with Crippen molar-refractivity contribution in [2.45, 2.75) is 25.8 Å². The van der Waals surface area contributed by atoms with E-state index in [4.69, 9.17) is 17.3 Å². The average molecular weight is 190 g/mol. The fourth-order valence-corrected chi connectivity index (χ4v) is 1.95. The van der Waals surface area contributed by atoms with Crippen molar-refractivity contribution < 1.29 is 0 Å². The molecule has 1 heterocycles. The number of thiophene rings is 1. The molecule has 1 atom stereocenters. The molecule has 0 amide bonds. The van der Waals surface area contributed by atoms with Crippen molar-refractivity contribution in [3.05, 3.63) is 21.3 Å². The summed E-state index contributed by atoms with van der Waals surface area (Å²) in [4.78, 5) is 1.33. The third kappa shape index (κ3) is 3.23. The highest BCUT2D eigenvalue weighted by Crippen LogP contribution is 2.20. The molecule has 0 unspecified atom stereocenters. The zero-order valence-electron chi connectivity index (χ0n) is 6.51. The molecule has 62 valence electrons. The molecule has 0 spiro atoms. The topological polar surface area (TPSA) is 26.0 Å². The zero-order valence-corrected chi connectivity index (χ0v) is 8.08. The summed E-state index contributed by atoms with van der Waals surface area (Å²) in [5.74, 6) is 0. The molecule has 0 aliphatic carbocycles. The Balaban J connectivity index is 2.39. The van der Waals surface area contributed by atoms with Crippen molar-refractivity contribution in [1.29, 1.82) is 0 Å². The van der Waals surface area contributed by atoms with Gasteiger partial charge in [-0.15, -0.1) is 11.3 Å². The molecule has 0 bridgehead atoms. The van der Waals surface area contributed by atoms with E-state index >= 15 is 0 Å². The Morgan fingerprint density at radius 3 is 2.91 bits per heavy atom. The predicted molar refractivity (Wildman–Crippen MR) is 51.3 cm³/mol. The van der Waals surface area contributed by atoms with Crippen molar-refractivity contribution in [3.63, 3.8) is 0 Å². The van der Waals surface area contributed by atoms with Gasteiger partial charge < -0.3 is 5.73 Å². The van der Waals surface area contributed by atoms with Crippen LogP contribution in [0.3, 0.4) is 0 Å². The molecule has 1 nitrogen and oxygen atoms in total. The van der Waals surface area contributed by atoms with Crippen molar-refractivity contribution in [2.75, 3.05) is 0 Å². The van der Waals surface area contributed by atoms with Gasteiger partial charge in [0, 0.05) is 16.3 Å². The molecule has 1 aromatic rings. The summed E-state index contributed by atoms with van der Waals surface area (Å²) in [6, 6.07) is 2.30. The Morgan fingerprint density at radius 1 is 1.73 bits per heavy atom. The van der Waals surface area contributed by atoms with Crippen LogP contribution in [0.1, 0.15) is 18.2 Å². The normalized spacial score (nSPS) is 13.4. The van der Waals surface area contributed by atoms with Crippen LogP contribution in [0.4, 0.5) is 0 Å². The molecular weight excluding hydrogens is 178 g/mol. The lowest BCUT2D eigenvalue weighted by atomic mass is 10.2. The minimum absolute atomic E-state index is 0.288. The highest BCUT2D eigenvalue weighted by atomic mass is 35.5. The molecule has 0 saturated heterocycles. The molecule has 11 heavy (non-hydrogen) atoms. The van der Waals surface area contributed by atoms with Gasteiger partial charge in [0.1, 0.15) is 0 Å². The lowest BCUT2D eigenvalue weighted by molar-refractivity contribution is 0.670. The number of halogens is 1. The largest absolute Gasteiger partial charge is 0.328 e. The number of rotatable bonds is 3. The summed E-state index contributed by atoms with van der Waals surface area (Å²) in [6.45, 7) is 2.02. The Bertz CT molecular complexity index is 220. The first-order valence-corrected chi connectivity index (χ1v) is 4.92. The Kier molecular flexibility index (Phi) is 3.37. The summed E-state index contributed by atoms with van der Waals surface area (Å²) >= 11 is 7.46. The van der Waals surface area contributed by atoms with E-state index in [-0.39, 0.29) is 6.04 Å². The van der Waals surface area contributed by atoms with Gasteiger partial charge in [-0.1, -0.05) is 11.6 Å². The summed E-state index contributed by atoms with van der Waals surface area (Å²) in [7, 11) is 0. The van der Waals surface area contributed by atoms with E-state index in [0.29, 0.717) is 0 Å². The van der Waals surface area contributed by atoms with Gasteiger partial charge in [0.2, 0.25) is 0 Å². The van der Waals surface area contributed by atoms with Gasteiger partial charge in [0.15, 0.2) is 0 Å². The van der Waals surface area contributed by atoms with Gasteiger partial charge in [-0.05, 0) is 25.8 Å². The van der Waals surface area contributed by atoms with Crippen LogP contribution in [-0.4, -0.2) is 6.04 Å². The van der Waals surface area contributed by atoms with E-state index in [2.05, 4.69) is 0 Å². The molecule has 2 N–H and O–H groups in total. The van der Waals surface area contributed by atoms with Gasteiger partial charge >= 0.3 is 0 Å². The molecule has 0 aliphatic heterocycles. The lowest BCUT2D eigenvalue weighted by Crippen LogP contribution is -2.14. The SMILES string of the molecule is C[C@@H](N)CCc1cc(Cl)cs1. The zero-order chi connectivity index (χ0) is 8.27. The molecule has 0 fully saturated rings. The van der Waals surface area contributed by atoms with Gasteiger partial charge in [0.25, 0.3) is 0 Å². The number of hydrogen-bond donors (Lipinski definition) is 1. The Hall–Kier alpha value is -0.0500. The lowest BCUT2D eigenvalue weighted by Gasteiger charge is -2.01. The minimum atomic E-state index is 0.288. The standard InChI is InChI=1S/C8H12ClNS/c1-6(10)2-3-8-4-7(9)5-11-8/h4-6H,2-3,10H2,1H3/t6-/m1/s1. The smallest absolute Gasteiger partial charge is 0.0515 e. The fourth-order valence-electron chi connectivity index (χ4n) is 0.855. The third-order valence-corrected chi connectivity index (χ3v) is 2.81. The van der Waals surface area contributed by atoms with Crippen LogP contribution in [0.25, 0.3) is 0 Å². The molecular formula is C8H12ClNS. The highest BCUT2D eigenvalue weighted by Gasteiger charge is 1.99. The van der Waals surface area contributed by atoms with Crippen LogP contribution in [0.5, 0.6) is 0 Å². The summed E-state index contributed by atoms with van der Waals surface area (Å²) < 4.78 is 0. The number of hydrogen-bond acceptors (Lipinski definition) is 2. The molecule has 0 radical (unpaired) electrons. The van der Waals surface area contributed by atoms with E-state index in [1.165, 1.54) is 4.88 Å². The molecule has 0 aromatic carbocycles. The van der Waals surface area contributed by atoms with Crippen LogP contribution in [0.2, 0.25) is 5.02 Å². The van der Waals surface area contributed by atoms with Gasteiger partial charge in [0.05, 0.1) is 5.02 Å². The van der Waals surface area contributed by atoms with Crippen molar-refractivity contribution >= 4 is 22.9 Å². The monoisotopic (exact) mass is 189 g/mol. The maximum Gasteiger partial charge on any atom is 0.0515 e. The number of nitrogens with two attached hydrogens (primary N) is 1. The fraction of sp³-hybridized carbons (Fsp3) is 0.500. The van der Waals surface area contributed by atoms with Crippen molar-refractivity contribution in [2.24, 2.45) is 5.73 Å². The average Bonchev–Trinajstić information content (AvgIpc) is 2.31. The molecule has 1 aromatic heterocycles. The van der Waals surface area contributed by atoms with Crippen LogP contribution in [-0.2, 0) is 6.42 Å². The molecule has 0 aliphatic rings. The highest BCUT2D eigenvalue weighted by molar-refractivity contribution is 7.10. The first kappa shape index (κ1) is 9.04. The van der Waals surface area contributed by atoms with Gasteiger partial charge in [-0.25, -0.2) is 0 Å². The van der Waals surface area contributed by atoms with Crippen molar-refractivity contribution in [1.82, 2.24) is 0 Å². The minimum Gasteiger partial charge on any atom is -0.328 e. The van der Waals surface area contributed by atoms with E-state index in [9.17, 15) is 0 Å². The summed E-state index contributed by atoms with van der Waals surface area (Å²) in [5.41, 5.74) is 5.62. The quantitative estimate of drug-likeness (QED) is 0.778. The van der Waals surface area contributed by atoms with Crippen LogP contribution in [0.15, 0.2) is 11.4 Å². The predicted octanol–water partition coefficient (Wildman–Crippen LogP) is 2.68. The van der Waals surface area contributed by atoms with Crippen LogP contribution < -0.4 is 5.73 Å². The molecule has 3 heteroatoms. The van der Waals surface area contributed by atoms with E-state index in [0.717, 1.165) is 17.9 Å². The Morgan fingerprint density at radius 2 is 2.45 bits per heavy atom. The summed E-state index contributed by atoms with van der Waals surface area (Å²) in [5, 5.41) is 2.80. The Labute approximate surface area is 76.2 Å². The molecule has 1 rings (SSSR count). The molecule has 0 saturated carbocycles. The maximum absolute atomic E-state index is 5.75. The van der Waals surface area contributed by atoms with E-state index in [1.54, 1.807) is 11.3 Å². The van der Waals surface area contributed by atoms with Crippen molar-refractivity contribution in [3.8, 4) is 0 Å². The van der Waals surface area contributed by atoms with Gasteiger partial charge in [-0.3, -0.25) is 0 Å². The van der Waals surface area contributed by atoms with Gasteiger partial charge in [-0.2, -0.15) is 0 Å². The van der Waals surface area contributed by atoms with Crippen LogP contribution >= 0.6 is 22.9 Å². The second kappa shape index (κ2) is 4.10. The van der Waals surface area contributed by atoms with E-state index < -0.39 is 0 Å². The first-order valence-electron chi connectivity index (χ1n) is 3.67. The second-order valence-corrected chi connectivity index (χ2v) is 4.18. The summed E-state index contributed by atoms with van der Waals surface area (Å²) in [6.07, 6.45) is 2.09. The number of aryl methyl sites for hydroxylation is 1. The van der Waals surface area contributed by atoms with Crippen LogP contribution in [0, 0.1) is 0 Å². The first-order chi connectivity index (χ1) is 5.18. The maximum atomic E-state index is 5.75. The second-order valence-electron chi connectivity index (χ2n) is 2.75.